The van der Waals surface area contributed by atoms with Gasteiger partial charge < -0.3 is 14.5 Å². The van der Waals surface area contributed by atoms with E-state index in [0.717, 1.165) is 66.7 Å². The van der Waals surface area contributed by atoms with Gasteiger partial charge in [0.1, 0.15) is 0 Å². The van der Waals surface area contributed by atoms with Crippen molar-refractivity contribution in [3.05, 3.63) is 63.7 Å². The van der Waals surface area contributed by atoms with Crippen LogP contribution in [0.4, 0.5) is 38.0 Å². The van der Waals surface area contributed by atoms with Gasteiger partial charge in [0, 0.05) is 25.3 Å². The highest BCUT2D eigenvalue weighted by atomic mass is 19.4. The Balaban J connectivity index is 1.53. The van der Waals surface area contributed by atoms with Crippen molar-refractivity contribution in [2.75, 3.05) is 30.0 Å². The third-order valence-corrected chi connectivity index (χ3v) is 9.05. The summed E-state index contributed by atoms with van der Waals surface area (Å²) in [5.74, 6) is 0.203. The van der Waals surface area contributed by atoms with Crippen LogP contribution in [0, 0.1) is 25.7 Å². The lowest BCUT2D eigenvalue weighted by atomic mass is 9.81. The molecule has 1 aliphatic carbocycles. The molecule has 1 aromatic heterocycles. The van der Waals surface area contributed by atoms with E-state index in [-0.39, 0.29) is 36.0 Å². The number of tetrazole rings is 1. The largest absolute Gasteiger partial charge is 0.469 e. The van der Waals surface area contributed by atoms with Crippen LogP contribution < -0.4 is 9.80 Å². The normalized spacial score (nSPS) is 20.7. The van der Waals surface area contributed by atoms with Crippen molar-refractivity contribution in [1.29, 1.82) is 0 Å². The summed E-state index contributed by atoms with van der Waals surface area (Å²) >= 11 is 0. The van der Waals surface area contributed by atoms with E-state index in [4.69, 9.17) is 4.74 Å². The van der Waals surface area contributed by atoms with Gasteiger partial charge in [-0.1, -0.05) is 22.8 Å². The highest BCUT2D eigenvalue weighted by Crippen LogP contribution is 2.43. The summed E-state index contributed by atoms with van der Waals surface area (Å²) in [5.41, 5.74) is 1.01. The molecule has 1 saturated carbocycles. The smallest absolute Gasteiger partial charge is 0.416 e. The number of alkyl halides is 6. The third-order valence-electron chi connectivity index (χ3n) is 9.05. The highest BCUT2D eigenvalue weighted by Gasteiger charge is 2.38. The molecule has 1 atom stereocenters. The molecule has 1 aliphatic heterocycles. The lowest BCUT2D eigenvalue weighted by Crippen LogP contribution is -2.34. The molecule has 0 radical (unpaired) electrons. The summed E-state index contributed by atoms with van der Waals surface area (Å²) in [6.07, 6.45) is -5.38. The lowest BCUT2D eigenvalue weighted by molar-refractivity contribution is -0.147. The first kappa shape index (κ1) is 33.5. The van der Waals surface area contributed by atoms with Gasteiger partial charge in [-0.25, -0.2) is 0 Å². The standard InChI is InChI=1S/C32H38F6N6O2/c1-19-12-20(2)28-26(13-19)27(6-5-11-43(28)17-21-7-9-23(10-8-21)29(45)46-4)44(30-39-41-42(3)40-30)18-22-14-24(31(33,34)35)16-25(15-22)32(36,37)38/h12-16,21,23,27H,5-11,17-18H2,1-4H3/t21?,23?,27-/m1/s1. The number of fused-ring (bicyclic) bond motifs is 1. The van der Waals surface area contributed by atoms with Gasteiger partial charge in [-0.05, 0) is 98.4 Å². The third kappa shape index (κ3) is 7.41. The molecule has 2 heterocycles. The Kier molecular flexibility index (Phi) is 9.55. The SMILES string of the molecule is COC(=O)C1CCC(CN2CCC[C@@H](N(Cc3cc(C(F)(F)F)cc(C(F)(F)F)c3)c3nnn(C)n3)c3cc(C)cc(C)c32)CC1. The van der Waals surface area contributed by atoms with Gasteiger partial charge in [0.2, 0.25) is 0 Å². The Morgan fingerprint density at radius 3 is 2.17 bits per heavy atom. The number of hydrogen-bond acceptors (Lipinski definition) is 7. The van der Waals surface area contributed by atoms with E-state index in [1.807, 2.05) is 19.9 Å². The number of methoxy groups -OCH3 is 1. The van der Waals surface area contributed by atoms with Gasteiger partial charge in [-0.3, -0.25) is 4.79 Å². The van der Waals surface area contributed by atoms with Crippen LogP contribution in [0.25, 0.3) is 0 Å². The van der Waals surface area contributed by atoms with Gasteiger partial charge in [-0.2, -0.15) is 31.1 Å². The first-order valence-corrected chi connectivity index (χ1v) is 15.4. The second-order valence-electron chi connectivity index (χ2n) is 12.5. The number of ether oxygens (including phenoxy) is 1. The van der Waals surface area contributed by atoms with E-state index in [0.29, 0.717) is 25.3 Å². The molecule has 8 nitrogen and oxygen atoms in total. The molecule has 3 aromatic rings. The molecule has 2 aromatic carbocycles. The van der Waals surface area contributed by atoms with E-state index in [1.165, 1.54) is 11.9 Å². The molecular formula is C32H38F6N6O2. The van der Waals surface area contributed by atoms with Crippen molar-refractivity contribution < 1.29 is 35.9 Å². The average molecular weight is 653 g/mol. The van der Waals surface area contributed by atoms with Crippen molar-refractivity contribution >= 4 is 17.6 Å². The number of hydrogen-bond donors (Lipinski definition) is 0. The van der Waals surface area contributed by atoms with Crippen LogP contribution in [0.5, 0.6) is 0 Å². The predicted octanol–water partition coefficient (Wildman–Crippen LogP) is 7.19. The van der Waals surface area contributed by atoms with E-state index >= 15 is 0 Å². The van der Waals surface area contributed by atoms with Crippen LogP contribution in [0.1, 0.15) is 77.9 Å². The van der Waals surface area contributed by atoms with Crippen molar-refractivity contribution in [3.63, 3.8) is 0 Å². The zero-order valence-electron chi connectivity index (χ0n) is 26.3. The second kappa shape index (κ2) is 13.1. The Bertz CT molecular complexity index is 1510. The molecular weight excluding hydrogens is 614 g/mol. The van der Waals surface area contributed by atoms with Crippen LogP contribution in [0.2, 0.25) is 0 Å². The van der Waals surface area contributed by atoms with Crippen molar-refractivity contribution in [3.8, 4) is 0 Å². The first-order chi connectivity index (χ1) is 21.6. The number of anilines is 2. The molecule has 0 spiro atoms. The van der Waals surface area contributed by atoms with E-state index in [1.54, 1.807) is 11.9 Å². The number of benzene rings is 2. The Hall–Kier alpha value is -3.84. The molecule has 250 valence electrons. The molecule has 0 amide bonds. The maximum atomic E-state index is 13.8. The van der Waals surface area contributed by atoms with Crippen molar-refractivity contribution in [1.82, 2.24) is 20.2 Å². The van der Waals surface area contributed by atoms with Crippen molar-refractivity contribution in [2.45, 2.75) is 77.3 Å². The molecule has 0 N–H and O–H groups in total. The number of aromatic nitrogens is 4. The minimum atomic E-state index is -4.97. The number of nitrogens with zero attached hydrogens (tertiary/aromatic N) is 6. The molecule has 0 bridgehead atoms. The molecule has 46 heavy (non-hydrogen) atoms. The Morgan fingerprint density at radius 1 is 0.957 bits per heavy atom. The fraction of sp³-hybridized carbons (Fsp3) is 0.562. The monoisotopic (exact) mass is 652 g/mol. The lowest BCUT2D eigenvalue weighted by Gasteiger charge is -2.36. The number of halogens is 6. The summed E-state index contributed by atoms with van der Waals surface area (Å²) in [5, 5.41) is 12.4. The van der Waals surface area contributed by atoms with E-state index in [2.05, 4.69) is 26.4 Å². The molecule has 5 rings (SSSR count). The van der Waals surface area contributed by atoms with Gasteiger partial charge >= 0.3 is 18.3 Å². The van der Waals surface area contributed by atoms with E-state index in [9.17, 15) is 31.1 Å². The van der Waals surface area contributed by atoms with Gasteiger partial charge in [0.05, 0.1) is 37.2 Å². The molecule has 14 heteroatoms. The maximum Gasteiger partial charge on any atom is 0.416 e. The molecule has 0 unspecified atom stereocenters. The van der Waals surface area contributed by atoms with Gasteiger partial charge in [0.15, 0.2) is 0 Å². The molecule has 2 aliphatic rings. The van der Waals surface area contributed by atoms with Crippen LogP contribution in [0.3, 0.4) is 0 Å². The quantitative estimate of drug-likeness (QED) is 0.198. The zero-order valence-corrected chi connectivity index (χ0v) is 26.3. The summed E-state index contributed by atoms with van der Waals surface area (Å²) < 4.78 is 87.5. The number of carbonyl (C=O) groups is 1. The van der Waals surface area contributed by atoms with Crippen molar-refractivity contribution in [2.24, 2.45) is 18.9 Å². The summed E-state index contributed by atoms with van der Waals surface area (Å²) in [7, 11) is 2.96. The first-order valence-electron chi connectivity index (χ1n) is 15.4. The molecule has 1 fully saturated rings. The Labute approximate surface area is 263 Å². The fourth-order valence-electron chi connectivity index (χ4n) is 7.00. The predicted molar refractivity (Wildman–Crippen MR) is 159 cm³/mol. The minimum absolute atomic E-state index is 0.0896. The Morgan fingerprint density at radius 2 is 1.61 bits per heavy atom. The van der Waals surface area contributed by atoms with Crippen LogP contribution in [-0.2, 0) is 35.5 Å². The summed E-state index contributed by atoms with van der Waals surface area (Å²) in [6.45, 7) is 5.16. The second-order valence-corrected chi connectivity index (χ2v) is 12.5. The van der Waals surface area contributed by atoms with Crippen LogP contribution in [0.15, 0.2) is 30.3 Å². The minimum Gasteiger partial charge on any atom is -0.469 e. The number of rotatable bonds is 7. The van der Waals surface area contributed by atoms with E-state index < -0.39 is 29.5 Å². The highest BCUT2D eigenvalue weighted by molar-refractivity contribution is 5.72. The summed E-state index contributed by atoms with van der Waals surface area (Å²) in [4.78, 5) is 17.3. The number of carbonyl (C=O) groups excluding carboxylic acids is 1. The fourth-order valence-corrected chi connectivity index (χ4v) is 7.00. The molecule has 0 saturated heterocycles. The number of aryl methyl sites for hydroxylation is 3. The van der Waals surface area contributed by atoms with Crippen LogP contribution >= 0.6 is 0 Å². The topological polar surface area (TPSA) is 76.4 Å². The summed E-state index contributed by atoms with van der Waals surface area (Å²) in [6, 6.07) is 5.31. The zero-order chi connectivity index (χ0) is 33.4. The van der Waals surface area contributed by atoms with Gasteiger partial charge in [-0.15, -0.1) is 5.10 Å². The average Bonchev–Trinajstić information content (AvgIpc) is 3.34. The number of esters is 1. The van der Waals surface area contributed by atoms with Crippen LogP contribution in [-0.4, -0.2) is 46.4 Å². The van der Waals surface area contributed by atoms with Gasteiger partial charge in [0.25, 0.3) is 5.95 Å². The maximum absolute atomic E-state index is 13.8.